The molecular formula is C35H51N3O5. The van der Waals surface area contributed by atoms with Gasteiger partial charge in [-0.1, -0.05) is 62.2 Å². The molecule has 1 N–H and O–H groups in total. The third kappa shape index (κ3) is 5.93. The summed E-state index contributed by atoms with van der Waals surface area (Å²) < 4.78 is 6.97. The number of benzene rings is 1. The van der Waals surface area contributed by atoms with Crippen molar-refractivity contribution in [1.82, 2.24) is 14.7 Å². The number of hydrogen-bond donors (Lipinski definition) is 1. The van der Waals surface area contributed by atoms with Gasteiger partial charge in [0, 0.05) is 38.3 Å². The van der Waals surface area contributed by atoms with Crippen LogP contribution in [0.15, 0.2) is 55.6 Å². The van der Waals surface area contributed by atoms with Crippen LogP contribution in [-0.4, -0.2) is 86.6 Å². The van der Waals surface area contributed by atoms with E-state index in [1.54, 1.807) is 26.9 Å². The van der Waals surface area contributed by atoms with Crippen LogP contribution in [0.1, 0.15) is 72.3 Å². The second-order valence-corrected chi connectivity index (χ2v) is 13.8. The first-order valence-electron chi connectivity index (χ1n) is 15.8. The number of likely N-dealkylation sites (tertiary alicyclic amines) is 1. The SMILES string of the molecule is C=CCN(Cc1ccccc1)C(=O)[C@H]1[C@H]2C(=O)N(CCCCCCO)C(C(=O)N(CC=C)C(C)(C)C)C23CC(C)[C@]1(C)O3. The Kier molecular flexibility index (Phi) is 9.92. The number of hydrogen-bond acceptors (Lipinski definition) is 5. The van der Waals surface area contributed by atoms with E-state index in [0.717, 1.165) is 18.4 Å². The van der Waals surface area contributed by atoms with Crippen molar-refractivity contribution in [3.05, 3.63) is 61.2 Å². The molecule has 1 spiro atoms. The summed E-state index contributed by atoms with van der Waals surface area (Å²) in [6.07, 6.45) is 7.06. The molecule has 3 heterocycles. The average Bonchev–Trinajstić information content (AvgIpc) is 3.47. The number of nitrogens with zero attached hydrogens (tertiary/aromatic N) is 3. The van der Waals surface area contributed by atoms with Gasteiger partial charge in [0.25, 0.3) is 0 Å². The zero-order valence-corrected chi connectivity index (χ0v) is 26.8. The summed E-state index contributed by atoms with van der Waals surface area (Å²) in [5.41, 5.74) is -1.49. The van der Waals surface area contributed by atoms with Gasteiger partial charge in [0.2, 0.25) is 17.7 Å². The minimum absolute atomic E-state index is 0.0323. The van der Waals surface area contributed by atoms with Crippen LogP contribution >= 0.6 is 0 Å². The van der Waals surface area contributed by atoms with Crippen molar-refractivity contribution in [1.29, 1.82) is 0 Å². The third-order valence-corrected chi connectivity index (χ3v) is 9.89. The fraction of sp³-hybridized carbons (Fsp3) is 0.629. The van der Waals surface area contributed by atoms with Crippen LogP contribution in [-0.2, 0) is 25.7 Å². The number of carbonyl (C=O) groups excluding carboxylic acids is 3. The first-order chi connectivity index (χ1) is 20.4. The monoisotopic (exact) mass is 593 g/mol. The fourth-order valence-corrected chi connectivity index (χ4v) is 7.74. The van der Waals surface area contributed by atoms with E-state index in [2.05, 4.69) is 20.1 Å². The first-order valence-corrected chi connectivity index (χ1v) is 15.8. The van der Waals surface area contributed by atoms with Gasteiger partial charge in [-0.05, 0) is 58.4 Å². The van der Waals surface area contributed by atoms with E-state index < -0.39 is 34.6 Å². The Balaban J connectivity index is 1.76. The predicted octanol–water partition coefficient (Wildman–Crippen LogP) is 4.58. The molecule has 3 fully saturated rings. The number of fused-ring (bicyclic) bond motifs is 1. The van der Waals surface area contributed by atoms with E-state index in [-0.39, 0.29) is 30.2 Å². The quantitative estimate of drug-likeness (QED) is 0.252. The van der Waals surface area contributed by atoms with Crippen molar-refractivity contribution < 1.29 is 24.2 Å². The molecule has 6 atom stereocenters. The summed E-state index contributed by atoms with van der Waals surface area (Å²) in [5.74, 6) is -1.95. The Hall–Kier alpha value is -2.97. The van der Waals surface area contributed by atoms with E-state index in [0.29, 0.717) is 45.4 Å². The number of ether oxygens (including phenoxy) is 1. The molecule has 0 aromatic heterocycles. The molecule has 4 rings (SSSR count). The van der Waals surface area contributed by atoms with E-state index in [1.165, 1.54) is 0 Å². The average molecular weight is 594 g/mol. The number of aliphatic hydroxyl groups excluding tert-OH is 1. The number of unbranched alkanes of at least 4 members (excludes halogenated alkanes) is 3. The molecule has 8 heteroatoms. The molecule has 3 aliphatic heterocycles. The molecule has 3 saturated heterocycles. The van der Waals surface area contributed by atoms with Gasteiger partial charge in [-0.3, -0.25) is 14.4 Å². The van der Waals surface area contributed by atoms with Gasteiger partial charge in [0.15, 0.2) is 0 Å². The van der Waals surface area contributed by atoms with Gasteiger partial charge in [-0.2, -0.15) is 0 Å². The van der Waals surface area contributed by atoms with E-state index in [1.807, 2.05) is 58.0 Å². The van der Waals surface area contributed by atoms with Crippen LogP contribution in [0.4, 0.5) is 0 Å². The molecule has 3 unspecified atom stereocenters. The smallest absolute Gasteiger partial charge is 0.249 e. The fourth-order valence-electron chi connectivity index (χ4n) is 7.74. The van der Waals surface area contributed by atoms with Crippen molar-refractivity contribution >= 4 is 17.7 Å². The summed E-state index contributed by atoms with van der Waals surface area (Å²) in [4.78, 5) is 49.0. The van der Waals surface area contributed by atoms with Crippen LogP contribution in [0.25, 0.3) is 0 Å². The molecule has 43 heavy (non-hydrogen) atoms. The minimum atomic E-state index is -1.09. The Bertz CT molecular complexity index is 1200. The zero-order chi connectivity index (χ0) is 31.6. The van der Waals surface area contributed by atoms with Crippen LogP contribution in [0.5, 0.6) is 0 Å². The zero-order valence-electron chi connectivity index (χ0n) is 26.8. The second-order valence-electron chi connectivity index (χ2n) is 13.8. The Morgan fingerprint density at radius 1 is 1.07 bits per heavy atom. The lowest BCUT2D eigenvalue weighted by Crippen LogP contribution is -2.60. The van der Waals surface area contributed by atoms with Gasteiger partial charge >= 0.3 is 0 Å². The van der Waals surface area contributed by atoms with Gasteiger partial charge in [-0.15, -0.1) is 13.2 Å². The maximum atomic E-state index is 14.6. The molecule has 8 nitrogen and oxygen atoms in total. The molecule has 0 aliphatic carbocycles. The lowest BCUT2D eigenvalue weighted by atomic mass is 9.62. The topological polar surface area (TPSA) is 90.4 Å². The summed E-state index contributed by atoms with van der Waals surface area (Å²) in [6, 6.07) is 8.99. The predicted molar refractivity (Wildman–Crippen MR) is 168 cm³/mol. The van der Waals surface area contributed by atoms with Crippen LogP contribution in [0.3, 0.4) is 0 Å². The highest BCUT2D eigenvalue weighted by Gasteiger charge is 2.80. The second kappa shape index (κ2) is 12.9. The molecule has 0 saturated carbocycles. The maximum absolute atomic E-state index is 14.6. The van der Waals surface area contributed by atoms with Crippen LogP contribution in [0, 0.1) is 17.8 Å². The molecule has 3 amide bonds. The molecule has 1 aromatic rings. The van der Waals surface area contributed by atoms with E-state index in [4.69, 9.17) is 4.74 Å². The van der Waals surface area contributed by atoms with Crippen LogP contribution < -0.4 is 0 Å². The first kappa shape index (κ1) is 32.9. The van der Waals surface area contributed by atoms with Crippen molar-refractivity contribution in [3.8, 4) is 0 Å². The highest BCUT2D eigenvalue weighted by atomic mass is 16.5. The highest BCUT2D eigenvalue weighted by molar-refractivity contribution is 5.99. The lowest BCUT2D eigenvalue weighted by Gasteiger charge is -2.42. The Morgan fingerprint density at radius 3 is 2.33 bits per heavy atom. The van der Waals surface area contributed by atoms with Gasteiger partial charge in [0.1, 0.15) is 11.6 Å². The number of rotatable bonds is 14. The minimum Gasteiger partial charge on any atom is -0.396 e. The third-order valence-electron chi connectivity index (χ3n) is 9.89. The highest BCUT2D eigenvalue weighted by Crippen LogP contribution is 2.65. The normalized spacial score (nSPS) is 29.4. The molecule has 3 aliphatic rings. The van der Waals surface area contributed by atoms with Crippen molar-refractivity contribution in [3.63, 3.8) is 0 Å². The van der Waals surface area contributed by atoms with Gasteiger partial charge in [-0.25, -0.2) is 0 Å². The summed E-state index contributed by atoms with van der Waals surface area (Å²) >= 11 is 0. The number of carbonyl (C=O) groups is 3. The Labute approximate surface area is 257 Å². The van der Waals surface area contributed by atoms with Crippen LogP contribution in [0.2, 0.25) is 0 Å². The van der Waals surface area contributed by atoms with Gasteiger partial charge in [0.05, 0.1) is 17.4 Å². The summed E-state index contributed by atoms with van der Waals surface area (Å²) in [6.45, 7) is 19.4. The lowest BCUT2D eigenvalue weighted by molar-refractivity contribution is -0.157. The van der Waals surface area contributed by atoms with E-state index in [9.17, 15) is 19.5 Å². The van der Waals surface area contributed by atoms with E-state index >= 15 is 0 Å². The standard InChI is InChI=1S/C35H51N3O5/c1-8-19-36(24-26-17-13-12-14-18-26)30(40)27-28-31(41)37(21-15-10-11-16-22-39)29(32(42)38(20-9-2)33(4,5)6)35(28)23-25(3)34(27,7)43-35/h8-9,12-14,17-18,25,27-29,39H,1-2,10-11,15-16,19-24H2,3-7H3/t25?,27-,28+,29?,34+,35?/m1/s1. The van der Waals surface area contributed by atoms with Crippen molar-refractivity contribution in [2.24, 2.45) is 17.8 Å². The number of amides is 3. The maximum Gasteiger partial charge on any atom is 0.249 e. The molecule has 236 valence electrons. The van der Waals surface area contributed by atoms with Gasteiger partial charge < -0.3 is 24.5 Å². The van der Waals surface area contributed by atoms with Crippen molar-refractivity contribution in [2.75, 3.05) is 26.2 Å². The Morgan fingerprint density at radius 2 is 1.72 bits per heavy atom. The largest absolute Gasteiger partial charge is 0.396 e. The summed E-state index contributed by atoms with van der Waals surface area (Å²) in [5, 5.41) is 9.23. The molecule has 2 bridgehead atoms. The molecule has 0 radical (unpaired) electrons. The number of aliphatic hydroxyl groups is 1. The summed E-state index contributed by atoms with van der Waals surface area (Å²) in [7, 11) is 0. The van der Waals surface area contributed by atoms with Crippen molar-refractivity contribution in [2.45, 2.75) is 96.1 Å². The molecular weight excluding hydrogens is 542 g/mol. The molecule has 1 aromatic carbocycles.